The van der Waals surface area contributed by atoms with Crippen LogP contribution in [-0.4, -0.2) is 9.55 Å². The van der Waals surface area contributed by atoms with Crippen LogP contribution in [0.15, 0.2) is 59.7 Å². The molecule has 0 aliphatic carbocycles. The van der Waals surface area contributed by atoms with Gasteiger partial charge in [0.15, 0.2) is 5.43 Å². The van der Waals surface area contributed by atoms with Crippen molar-refractivity contribution in [3.05, 3.63) is 76.5 Å². The Morgan fingerprint density at radius 3 is 2.60 bits per heavy atom. The summed E-state index contributed by atoms with van der Waals surface area (Å²) in [4.78, 5) is 15.4. The molecule has 2 heterocycles. The molecule has 2 aromatic carbocycles. The fourth-order valence-corrected chi connectivity index (χ4v) is 3.33. The van der Waals surface area contributed by atoms with Crippen molar-refractivity contribution in [1.82, 2.24) is 9.55 Å². The summed E-state index contributed by atoms with van der Waals surface area (Å²) in [6, 6.07) is 12.2. The van der Waals surface area contributed by atoms with E-state index in [0.717, 1.165) is 22.2 Å². The highest BCUT2D eigenvalue weighted by molar-refractivity contribution is 5.86. The molecule has 4 heteroatoms. The minimum absolute atomic E-state index is 0.0870. The van der Waals surface area contributed by atoms with Crippen LogP contribution in [-0.2, 0) is 5.41 Å². The molecule has 0 spiro atoms. The summed E-state index contributed by atoms with van der Waals surface area (Å²) in [7, 11) is 0. The van der Waals surface area contributed by atoms with Gasteiger partial charge in [0, 0.05) is 29.4 Å². The molecule has 0 amide bonds. The van der Waals surface area contributed by atoms with E-state index in [1.807, 2.05) is 16.8 Å². The lowest BCUT2D eigenvalue weighted by Crippen LogP contribution is -2.16. The SMILES string of the molecule is CC(C)(C)c1cc2cc[nH]c2cc1-n1ccc(=O)c2cc(F)ccc21. The summed E-state index contributed by atoms with van der Waals surface area (Å²) in [5, 5.41) is 1.53. The molecule has 4 aromatic rings. The average Bonchev–Trinajstić information content (AvgIpc) is 3.01. The van der Waals surface area contributed by atoms with Gasteiger partial charge in [-0.3, -0.25) is 4.79 Å². The van der Waals surface area contributed by atoms with Crippen molar-refractivity contribution in [3.63, 3.8) is 0 Å². The molecule has 0 aliphatic rings. The lowest BCUT2D eigenvalue weighted by Gasteiger charge is -2.25. The fourth-order valence-electron chi connectivity index (χ4n) is 3.33. The van der Waals surface area contributed by atoms with E-state index in [0.29, 0.717) is 10.9 Å². The number of nitrogens with one attached hydrogen (secondary N) is 1. The molecule has 0 atom stereocenters. The minimum Gasteiger partial charge on any atom is -0.361 e. The molecule has 0 saturated carbocycles. The number of H-pyrrole nitrogens is 1. The molecule has 0 unspecified atom stereocenters. The summed E-state index contributed by atoms with van der Waals surface area (Å²) < 4.78 is 15.6. The van der Waals surface area contributed by atoms with Crippen LogP contribution >= 0.6 is 0 Å². The number of aromatic amines is 1. The number of pyridine rings is 1. The van der Waals surface area contributed by atoms with Gasteiger partial charge in [-0.2, -0.15) is 0 Å². The number of halogens is 1. The van der Waals surface area contributed by atoms with Crippen molar-refractivity contribution < 1.29 is 4.39 Å². The highest BCUT2D eigenvalue weighted by atomic mass is 19.1. The van der Waals surface area contributed by atoms with Gasteiger partial charge in [0.2, 0.25) is 0 Å². The third-order valence-electron chi connectivity index (χ3n) is 4.60. The van der Waals surface area contributed by atoms with E-state index in [1.54, 1.807) is 12.3 Å². The van der Waals surface area contributed by atoms with Crippen LogP contribution in [0, 0.1) is 5.82 Å². The number of hydrogen-bond acceptors (Lipinski definition) is 1. The second-order valence-corrected chi connectivity index (χ2v) is 7.40. The molecular formula is C21H19FN2O. The molecule has 126 valence electrons. The Bertz CT molecular complexity index is 1160. The normalized spacial score (nSPS) is 12.2. The van der Waals surface area contributed by atoms with E-state index in [1.165, 1.54) is 18.2 Å². The monoisotopic (exact) mass is 334 g/mol. The Labute approximate surface area is 144 Å². The summed E-state index contributed by atoms with van der Waals surface area (Å²) in [6.45, 7) is 6.48. The molecule has 0 aliphatic heterocycles. The van der Waals surface area contributed by atoms with Crippen molar-refractivity contribution in [3.8, 4) is 5.69 Å². The first-order valence-corrected chi connectivity index (χ1v) is 8.27. The molecule has 3 nitrogen and oxygen atoms in total. The number of fused-ring (bicyclic) bond motifs is 2. The Kier molecular flexibility index (Phi) is 3.32. The molecule has 0 bridgehead atoms. The smallest absolute Gasteiger partial charge is 0.189 e. The summed E-state index contributed by atoms with van der Waals surface area (Å²) in [6.07, 6.45) is 3.68. The molecular weight excluding hydrogens is 315 g/mol. The Balaban J connectivity index is 2.13. The van der Waals surface area contributed by atoms with E-state index < -0.39 is 5.82 Å². The zero-order valence-electron chi connectivity index (χ0n) is 14.4. The number of nitrogens with zero attached hydrogens (tertiary/aromatic N) is 1. The third-order valence-corrected chi connectivity index (χ3v) is 4.60. The Hall–Kier alpha value is -2.88. The molecule has 0 saturated heterocycles. The quantitative estimate of drug-likeness (QED) is 0.528. The maximum atomic E-state index is 13.6. The van der Waals surface area contributed by atoms with Gasteiger partial charge in [-0.15, -0.1) is 0 Å². The molecule has 0 radical (unpaired) electrons. The average molecular weight is 334 g/mol. The third kappa shape index (κ3) is 2.54. The summed E-state index contributed by atoms with van der Waals surface area (Å²) >= 11 is 0. The molecule has 1 N–H and O–H groups in total. The van der Waals surface area contributed by atoms with Gasteiger partial charge in [0.05, 0.1) is 11.2 Å². The number of hydrogen-bond donors (Lipinski definition) is 1. The lowest BCUT2D eigenvalue weighted by molar-refractivity contribution is 0.587. The first-order valence-electron chi connectivity index (χ1n) is 8.27. The first kappa shape index (κ1) is 15.6. The van der Waals surface area contributed by atoms with Gasteiger partial charge in [0.1, 0.15) is 5.82 Å². The minimum atomic E-state index is -0.404. The van der Waals surface area contributed by atoms with Crippen molar-refractivity contribution >= 4 is 21.8 Å². The zero-order chi connectivity index (χ0) is 17.8. The van der Waals surface area contributed by atoms with Crippen molar-refractivity contribution in [1.29, 1.82) is 0 Å². The van der Waals surface area contributed by atoms with Crippen LogP contribution in [0.5, 0.6) is 0 Å². The Morgan fingerprint density at radius 1 is 1.04 bits per heavy atom. The van der Waals surface area contributed by atoms with E-state index in [2.05, 4.69) is 37.9 Å². The van der Waals surface area contributed by atoms with Gasteiger partial charge >= 0.3 is 0 Å². The van der Waals surface area contributed by atoms with E-state index in [9.17, 15) is 9.18 Å². The summed E-state index contributed by atoms with van der Waals surface area (Å²) in [5.41, 5.74) is 3.61. The number of benzene rings is 2. The van der Waals surface area contributed by atoms with Crippen molar-refractivity contribution in [2.75, 3.05) is 0 Å². The first-order chi connectivity index (χ1) is 11.8. The molecule has 25 heavy (non-hydrogen) atoms. The van der Waals surface area contributed by atoms with Gasteiger partial charge in [-0.1, -0.05) is 20.8 Å². The standard InChI is InChI=1S/C21H19FN2O/c1-21(2,3)16-10-13-6-8-23-17(13)12-19(16)24-9-7-20(25)15-11-14(22)4-5-18(15)24/h4-12,23H,1-3H3. The van der Waals surface area contributed by atoms with Crippen molar-refractivity contribution in [2.45, 2.75) is 26.2 Å². The molecule has 4 rings (SSSR count). The largest absolute Gasteiger partial charge is 0.361 e. The van der Waals surface area contributed by atoms with Gasteiger partial charge in [-0.25, -0.2) is 4.39 Å². The number of rotatable bonds is 1. The molecule has 2 aromatic heterocycles. The zero-order valence-corrected chi connectivity index (χ0v) is 14.4. The van der Waals surface area contributed by atoms with E-state index >= 15 is 0 Å². The maximum absolute atomic E-state index is 13.6. The second-order valence-electron chi connectivity index (χ2n) is 7.40. The fraction of sp³-hybridized carbons (Fsp3) is 0.190. The Morgan fingerprint density at radius 2 is 1.84 bits per heavy atom. The predicted octanol–water partition coefficient (Wildman–Crippen LogP) is 4.91. The highest BCUT2D eigenvalue weighted by Crippen LogP contribution is 2.33. The van der Waals surface area contributed by atoms with Gasteiger partial charge in [-0.05, 0) is 52.8 Å². The summed E-state index contributed by atoms with van der Waals surface area (Å²) in [5.74, 6) is -0.404. The second kappa shape index (κ2) is 5.31. The van der Waals surface area contributed by atoms with Crippen LogP contribution in [0.3, 0.4) is 0 Å². The van der Waals surface area contributed by atoms with Crippen LogP contribution in [0.25, 0.3) is 27.5 Å². The van der Waals surface area contributed by atoms with Gasteiger partial charge < -0.3 is 9.55 Å². The van der Waals surface area contributed by atoms with Crippen LogP contribution < -0.4 is 5.43 Å². The van der Waals surface area contributed by atoms with Crippen molar-refractivity contribution in [2.24, 2.45) is 0 Å². The topological polar surface area (TPSA) is 37.8 Å². The maximum Gasteiger partial charge on any atom is 0.189 e. The lowest BCUT2D eigenvalue weighted by atomic mass is 9.85. The van der Waals surface area contributed by atoms with E-state index in [4.69, 9.17) is 0 Å². The number of aromatic nitrogens is 2. The molecule has 0 fully saturated rings. The van der Waals surface area contributed by atoms with Crippen LogP contribution in [0.2, 0.25) is 0 Å². The highest BCUT2D eigenvalue weighted by Gasteiger charge is 2.21. The van der Waals surface area contributed by atoms with Crippen LogP contribution in [0.4, 0.5) is 4.39 Å². The van der Waals surface area contributed by atoms with E-state index in [-0.39, 0.29) is 10.8 Å². The van der Waals surface area contributed by atoms with Crippen LogP contribution in [0.1, 0.15) is 26.3 Å². The van der Waals surface area contributed by atoms with Gasteiger partial charge in [0.25, 0.3) is 0 Å². The predicted molar refractivity (Wildman–Crippen MR) is 100 cm³/mol.